The van der Waals surface area contributed by atoms with Gasteiger partial charge < -0.3 is 10.6 Å². The van der Waals surface area contributed by atoms with Gasteiger partial charge in [-0.1, -0.05) is 23.4 Å². The zero-order valence-electron chi connectivity index (χ0n) is 19.7. The van der Waals surface area contributed by atoms with E-state index < -0.39 is 5.41 Å². The highest BCUT2D eigenvalue weighted by molar-refractivity contribution is 6.46. The van der Waals surface area contributed by atoms with Crippen LogP contribution in [-0.4, -0.2) is 38.7 Å². The van der Waals surface area contributed by atoms with Crippen molar-refractivity contribution in [3.05, 3.63) is 64.9 Å². The molecule has 1 aliphatic rings. The molecular weight excluding hydrogens is 464 g/mol. The number of rotatable bonds is 7. The summed E-state index contributed by atoms with van der Waals surface area (Å²) in [4.78, 5) is 32.5. The Morgan fingerprint density at radius 3 is 2.80 bits per heavy atom. The molecule has 2 N–H and O–H groups in total. The third-order valence-corrected chi connectivity index (χ3v) is 5.36. The number of aromatic nitrogens is 3. The number of nitrogens with one attached hydrogen (secondary N) is 2. The fourth-order valence-corrected chi connectivity index (χ4v) is 3.49. The Morgan fingerprint density at radius 1 is 1.34 bits per heavy atom. The van der Waals surface area contributed by atoms with Crippen LogP contribution >= 0.6 is 11.6 Å². The predicted molar refractivity (Wildman–Crippen MR) is 136 cm³/mol. The van der Waals surface area contributed by atoms with Gasteiger partial charge in [0.25, 0.3) is 5.91 Å². The molecule has 3 heterocycles. The van der Waals surface area contributed by atoms with E-state index in [0.29, 0.717) is 29.4 Å². The van der Waals surface area contributed by atoms with Crippen molar-refractivity contribution in [2.24, 2.45) is 10.4 Å². The van der Waals surface area contributed by atoms with Gasteiger partial charge in [0.15, 0.2) is 5.82 Å². The zero-order chi connectivity index (χ0) is 25.4. The number of terminal acetylenes is 1. The number of pyridine rings is 1. The molecule has 178 valence electrons. The van der Waals surface area contributed by atoms with Crippen molar-refractivity contribution in [3.8, 4) is 30.0 Å². The number of aryl methyl sites for hydroxylation is 1. The van der Waals surface area contributed by atoms with E-state index in [1.807, 2.05) is 19.9 Å². The van der Waals surface area contributed by atoms with Gasteiger partial charge >= 0.3 is 0 Å². The summed E-state index contributed by atoms with van der Waals surface area (Å²) in [5.74, 6) is 8.00. The minimum Gasteiger partial charge on any atom is -0.386 e. The number of hydrogen-bond donors (Lipinski definition) is 2. The number of allylic oxidation sites excluding steroid dienone is 1. The highest BCUT2D eigenvalue weighted by atomic mass is 35.5. The second kappa shape index (κ2) is 11.3. The summed E-state index contributed by atoms with van der Waals surface area (Å²) in [5, 5.41) is 10.7. The molecule has 35 heavy (non-hydrogen) atoms. The molecule has 0 aromatic carbocycles. The third kappa shape index (κ3) is 6.47. The molecule has 0 fully saturated rings. The number of aliphatic imine (C=N–C) groups is 1. The maximum Gasteiger partial charge on any atom is 0.270 e. The summed E-state index contributed by atoms with van der Waals surface area (Å²) in [5.41, 5.74) is 1.85. The maximum atomic E-state index is 12.8. The normalized spacial score (nSPS) is 17.7. The molecule has 8 nitrogen and oxygen atoms in total. The summed E-state index contributed by atoms with van der Waals surface area (Å²) in [6.07, 6.45) is 16.2. The van der Waals surface area contributed by atoms with E-state index in [4.69, 9.17) is 18.0 Å². The first kappa shape index (κ1) is 25.5. The Bertz CT molecular complexity index is 1340. The maximum absolute atomic E-state index is 12.8. The van der Waals surface area contributed by atoms with Crippen LogP contribution in [0.2, 0.25) is 5.02 Å². The van der Waals surface area contributed by atoms with Gasteiger partial charge in [-0.15, -0.1) is 6.42 Å². The van der Waals surface area contributed by atoms with Crippen LogP contribution in [0.15, 0.2) is 53.7 Å². The first-order valence-electron chi connectivity index (χ1n) is 10.8. The summed E-state index contributed by atoms with van der Waals surface area (Å²) >= 11 is 5.96. The molecule has 0 bridgehead atoms. The van der Waals surface area contributed by atoms with Crippen molar-refractivity contribution in [1.82, 2.24) is 25.4 Å². The monoisotopic (exact) mass is 488 g/mol. The number of halogens is 1. The van der Waals surface area contributed by atoms with Crippen molar-refractivity contribution in [1.29, 1.82) is 0 Å². The van der Waals surface area contributed by atoms with Crippen LogP contribution < -0.4 is 10.6 Å². The van der Waals surface area contributed by atoms with Gasteiger partial charge in [0.1, 0.15) is 5.71 Å². The van der Waals surface area contributed by atoms with Crippen LogP contribution in [0, 0.1) is 36.5 Å². The molecule has 0 radical (unpaired) electrons. The minimum absolute atomic E-state index is 0.218. The van der Waals surface area contributed by atoms with Crippen LogP contribution in [0.3, 0.4) is 0 Å². The molecule has 0 saturated carbocycles. The van der Waals surface area contributed by atoms with Crippen molar-refractivity contribution >= 4 is 29.0 Å². The van der Waals surface area contributed by atoms with Gasteiger partial charge in [0, 0.05) is 50.6 Å². The van der Waals surface area contributed by atoms with Crippen LogP contribution in [0.4, 0.5) is 0 Å². The van der Waals surface area contributed by atoms with Crippen molar-refractivity contribution < 1.29 is 9.59 Å². The topological polar surface area (TPSA) is 101 Å². The minimum atomic E-state index is -0.812. The lowest BCUT2D eigenvalue weighted by molar-refractivity contribution is -0.114. The SMILES string of the molecule is C#CC1(C)C=CN=C(C(=O)NCCC#CC(C)=O)/C1=C/NCc1cnc(-n2cc(Cl)cn2)c(C)c1. The quantitative estimate of drug-likeness (QED) is 0.354. The summed E-state index contributed by atoms with van der Waals surface area (Å²) in [7, 11) is 0. The highest BCUT2D eigenvalue weighted by Gasteiger charge is 2.33. The van der Waals surface area contributed by atoms with Gasteiger partial charge in [-0.25, -0.2) is 9.67 Å². The molecule has 0 aliphatic carbocycles. The number of Topliss-reactive ketones (excluding diaryl/α,β-unsaturated/α-hetero) is 1. The van der Waals surface area contributed by atoms with Crippen LogP contribution in [0.25, 0.3) is 5.82 Å². The van der Waals surface area contributed by atoms with Crippen molar-refractivity contribution in [3.63, 3.8) is 0 Å². The van der Waals surface area contributed by atoms with E-state index >= 15 is 0 Å². The largest absolute Gasteiger partial charge is 0.386 e. The van der Waals surface area contributed by atoms with E-state index in [1.165, 1.54) is 13.1 Å². The molecule has 9 heteroatoms. The number of ketones is 1. The van der Waals surface area contributed by atoms with Gasteiger partial charge in [-0.3, -0.25) is 14.6 Å². The molecule has 1 atom stereocenters. The Morgan fingerprint density at radius 2 is 2.14 bits per heavy atom. The molecule has 0 saturated heterocycles. The number of hydrogen-bond acceptors (Lipinski definition) is 6. The van der Waals surface area contributed by atoms with Crippen LogP contribution in [-0.2, 0) is 16.1 Å². The average molecular weight is 489 g/mol. The first-order valence-corrected chi connectivity index (χ1v) is 11.2. The third-order valence-electron chi connectivity index (χ3n) is 5.17. The summed E-state index contributed by atoms with van der Waals surface area (Å²) in [6, 6.07) is 1.99. The smallest absolute Gasteiger partial charge is 0.270 e. The molecule has 2 aromatic rings. The zero-order valence-corrected chi connectivity index (χ0v) is 20.5. The van der Waals surface area contributed by atoms with E-state index in [-0.39, 0.29) is 23.9 Å². The lowest BCUT2D eigenvalue weighted by atomic mass is 9.79. The predicted octanol–water partition coefficient (Wildman–Crippen LogP) is 2.91. The lowest BCUT2D eigenvalue weighted by Gasteiger charge is -2.27. The van der Waals surface area contributed by atoms with E-state index in [0.717, 1.165) is 11.1 Å². The van der Waals surface area contributed by atoms with Gasteiger partial charge in [0.2, 0.25) is 5.78 Å². The standard InChI is InChI=1S/C26H25ClN6O2/c1-5-26(4)9-11-29-23(25(35)30-10-7-6-8-19(3)34)22(26)16-28-13-20-12-18(2)24(31-14-20)33-17-21(27)15-32-33/h1,9,11-12,14-17,28H,7,10,13H2,2-4H3,(H,30,35)/b22-16-. The molecule has 3 rings (SSSR count). The first-order chi connectivity index (χ1) is 16.7. The van der Waals surface area contributed by atoms with Crippen molar-refractivity contribution in [2.45, 2.75) is 33.7 Å². The van der Waals surface area contributed by atoms with E-state index in [2.05, 4.69) is 43.5 Å². The lowest BCUT2D eigenvalue weighted by Crippen LogP contribution is -2.38. The number of amides is 1. The molecule has 1 unspecified atom stereocenters. The van der Waals surface area contributed by atoms with Crippen LogP contribution in [0.5, 0.6) is 0 Å². The molecule has 2 aromatic heterocycles. The van der Waals surface area contributed by atoms with E-state index in [1.54, 1.807) is 35.5 Å². The molecular formula is C26H25ClN6O2. The fourth-order valence-electron chi connectivity index (χ4n) is 3.35. The average Bonchev–Trinajstić information content (AvgIpc) is 3.25. The second-order valence-electron chi connectivity index (χ2n) is 8.03. The Kier molecular flexibility index (Phi) is 8.25. The van der Waals surface area contributed by atoms with Gasteiger partial charge in [0.05, 0.1) is 22.8 Å². The molecule has 0 spiro atoms. The number of nitrogens with zero attached hydrogens (tertiary/aromatic N) is 4. The van der Waals surface area contributed by atoms with E-state index in [9.17, 15) is 9.59 Å². The Hall–Kier alpha value is -4.14. The Labute approximate surface area is 209 Å². The fraction of sp³-hybridized carbons (Fsp3) is 0.269. The van der Waals surface area contributed by atoms with Crippen LogP contribution in [0.1, 0.15) is 31.4 Å². The number of carbonyl (C=O) groups excluding carboxylic acids is 2. The summed E-state index contributed by atoms with van der Waals surface area (Å²) in [6.45, 7) is 5.91. The summed E-state index contributed by atoms with van der Waals surface area (Å²) < 4.78 is 1.62. The van der Waals surface area contributed by atoms with Gasteiger partial charge in [-0.05, 0) is 43.0 Å². The Balaban J connectivity index is 1.72. The van der Waals surface area contributed by atoms with Gasteiger partial charge in [-0.2, -0.15) is 5.10 Å². The molecule has 1 amide bonds. The molecule has 1 aliphatic heterocycles. The highest BCUT2D eigenvalue weighted by Crippen LogP contribution is 2.32. The van der Waals surface area contributed by atoms with Crippen molar-refractivity contribution in [2.75, 3.05) is 6.54 Å². The number of carbonyl (C=O) groups is 2. The second-order valence-corrected chi connectivity index (χ2v) is 8.47.